The third kappa shape index (κ3) is 4.26. The van der Waals surface area contributed by atoms with E-state index in [2.05, 4.69) is 5.32 Å². The van der Waals surface area contributed by atoms with E-state index in [1.165, 1.54) is 7.11 Å². The highest BCUT2D eigenvalue weighted by Gasteiger charge is 2.23. The molecule has 0 saturated carbocycles. The zero-order valence-corrected chi connectivity index (χ0v) is 16.9. The Bertz CT molecular complexity index is 1050. The molecule has 0 saturated heterocycles. The van der Waals surface area contributed by atoms with Crippen molar-refractivity contribution in [3.05, 3.63) is 83.9 Å². The molecule has 5 heteroatoms. The number of nitrogens with one attached hydrogen (secondary N) is 1. The normalized spacial score (nSPS) is 12.9. The second kappa shape index (κ2) is 8.93. The molecule has 2 amide bonds. The summed E-state index contributed by atoms with van der Waals surface area (Å²) < 4.78 is 5.01. The Labute approximate surface area is 176 Å². The predicted molar refractivity (Wildman–Crippen MR) is 119 cm³/mol. The van der Waals surface area contributed by atoms with E-state index in [0.717, 1.165) is 35.2 Å². The third-order valence-corrected chi connectivity index (χ3v) is 5.28. The zero-order chi connectivity index (χ0) is 20.9. The largest absolute Gasteiger partial charge is 0.375 e. The molecule has 1 aliphatic heterocycles. The SMILES string of the molecule is COCC(=O)N1CCCc2ccc(NC(=O)c3ccc(-c4ccccc4)cc3)cc21. The van der Waals surface area contributed by atoms with Gasteiger partial charge >= 0.3 is 0 Å². The molecular weight excluding hydrogens is 376 g/mol. The van der Waals surface area contributed by atoms with E-state index in [-0.39, 0.29) is 18.4 Å². The average Bonchev–Trinajstić information content (AvgIpc) is 2.79. The van der Waals surface area contributed by atoms with Gasteiger partial charge in [0.1, 0.15) is 6.61 Å². The van der Waals surface area contributed by atoms with Gasteiger partial charge in [0.05, 0.1) is 0 Å². The lowest BCUT2D eigenvalue weighted by Crippen LogP contribution is -2.37. The molecule has 0 bridgehead atoms. The van der Waals surface area contributed by atoms with Gasteiger partial charge in [0.15, 0.2) is 0 Å². The van der Waals surface area contributed by atoms with Crippen LogP contribution in [0.4, 0.5) is 11.4 Å². The number of carbonyl (C=O) groups excluding carboxylic acids is 2. The molecular formula is C25H24N2O3. The predicted octanol–water partition coefficient (Wildman–Crippen LogP) is 4.53. The van der Waals surface area contributed by atoms with E-state index in [4.69, 9.17) is 4.74 Å². The molecule has 3 aromatic rings. The Morgan fingerprint density at radius 3 is 2.43 bits per heavy atom. The van der Waals surface area contributed by atoms with Crippen LogP contribution in [0.1, 0.15) is 22.3 Å². The summed E-state index contributed by atoms with van der Waals surface area (Å²) in [6, 6.07) is 23.3. The molecule has 30 heavy (non-hydrogen) atoms. The molecule has 1 N–H and O–H groups in total. The number of hydrogen-bond acceptors (Lipinski definition) is 3. The first-order valence-electron chi connectivity index (χ1n) is 10.0. The van der Waals surface area contributed by atoms with Crippen molar-refractivity contribution in [3.8, 4) is 11.1 Å². The maximum absolute atomic E-state index is 12.7. The van der Waals surface area contributed by atoms with Crippen LogP contribution in [-0.2, 0) is 16.0 Å². The number of methoxy groups -OCH3 is 1. The van der Waals surface area contributed by atoms with Gasteiger partial charge in [-0.15, -0.1) is 0 Å². The number of anilines is 2. The number of benzene rings is 3. The molecule has 3 aromatic carbocycles. The lowest BCUT2D eigenvalue weighted by atomic mass is 10.0. The Morgan fingerprint density at radius 2 is 1.70 bits per heavy atom. The van der Waals surface area contributed by atoms with Crippen LogP contribution in [0.25, 0.3) is 11.1 Å². The molecule has 0 aliphatic carbocycles. The molecule has 0 spiro atoms. The van der Waals surface area contributed by atoms with Crippen LogP contribution in [0, 0.1) is 0 Å². The summed E-state index contributed by atoms with van der Waals surface area (Å²) >= 11 is 0. The smallest absolute Gasteiger partial charge is 0.255 e. The van der Waals surface area contributed by atoms with Crippen molar-refractivity contribution in [2.75, 3.05) is 30.5 Å². The number of aryl methyl sites for hydroxylation is 1. The Morgan fingerprint density at radius 1 is 0.967 bits per heavy atom. The number of fused-ring (bicyclic) bond motifs is 1. The number of hydrogen-bond donors (Lipinski definition) is 1. The number of ether oxygens (including phenoxy) is 1. The lowest BCUT2D eigenvalue weighted by molar-refractivity contribution is -0.122. The Balaban J connectivity index is 1.51. The molecule has 0 unspecified atom stereocenters. The second-order valence-electron chi connectivity index (χ2n) is 7.32. The molecule has 4 rings (SSSR count). The Hall–Kier alpha value is -3.44. The number of rotatable bonds is 5. The van der Waals surface area contributed by atoms with E-state index < -0.39 is 0 Å². The van der Waals surface area contributed by atoms with Gasteiger partial charge in [-0.25, -0.2) is 0 Å². The molecule has 0 radical (unpaired) electrons. The van der Waals surface area contributed by atoms with Crippen LogP contribution in [0.15, 0.2) is 72.8 Å². The molecule has 0 atom stereocenters. The summed E-state index contributed by atoms with van der Waals surface area (Å²) in [6.45, 7) is 0.706. The number of carbonyl (C=O) groups is 2. The van der Waals surface area contributed by atoms with Gasteiger partial charge in [0, 0.05) is 30.6 Å². The minimum absolute atomic E-state index is 0.0454. The minimum atomic E-state index is -0.180. The summed E-state index contributed by atoms with van der Waals surface area (Å²) in [4.78, 5) is 26.9. The maximum atomic E-state index is 12.7. The van der Waals surface area contributed by atoms with Crippen molar-refractivity contribution in [3.63, 3.8) is 0 Å². The van der Waals surface area contributed by atoms with E-state index >= 15 is 0 Å². The summed E-state index contributed by atoms with van der Waals surface area (Å²) in [5, 5.41) is 2.95. The lowest BCUT2D eigenvalue weighted by Gasteiger charge is -2.29. The average molecular weight is 400 g/mol. The van der Waals surface area contributed by atoms with E-state index in [0.29, 0.717) is 17.8 Å². The first kappa shape index (κ1) is 19.9. The third-order valence-electron chi connectivity index (χ3n) is 5.28. The van der Waals surface area contributed by atoms with Crippen LogP contribution in [-0.4, -0.2) is 32.1 Å². The fourth-order valence-corrected chi connectivity index (χ4v) is 3.76. The molecule has 1 aliphatic rings. The highest BCUT2D eigenvalue weighted by Crippen LogP contribution is 2.30. The highest BCUT2D eigenvalue weighted by atomic mass is 16.5. The molecule has 1 heterocycles. The van der Waals surface area contributed by atoms with Crippen molar-refractivity contribution in [1.82, 2.24) is 0 Å². The summed E-state index contributed by atoms with van der Waals surface area (Å²) in [6.07, 6.45) is 1.84. The van der Waals surface area contributed by atoms with Crippen molar-refractivity contribution >= 4 is 23.2 Å². The summed E-state index contributed by atoms with van der Waals surface area (Å²) in [7, 11) is 1.52. The fourth-order valence-electron chi connectivity index (χ4n) is 3.76. The van der Waals surface area contributed by atoms with Gasteiger partial charge in [0.25, 0.3) is 11.8 Å². The minimum Gasteiger partial charge on any atom is -0.375 e. The van der Waals surface area contributed by atoms with E-state index in [1.807, 2.05) is 72.8 Å². The molecule has 0 aromatic heterocycles. The van der Waals surface area contributed by atoms with Crippen LogP contribution in [0.2, 0.25) is 0 Å². The van der Waals surface area contributed by atoms with E-state index in [1.54, 1.807) is 4.90 Å². The van der Waals surface area contributed by atoms with Gasteiger partial charge in [0.2, 0.25) is 0 Å². The quantitative estimate of drug-likeness (QED) is 0.684. The number of nitrogens with zero attached hydrogens (tertiary/aromatic N) is 1. The van der Waals surface area contributed by atoms with Gasteiger partial charge in [-0.2, -0.15) is 0 Å². The Kier molecular flexibility index (Phi) is 5.91. The molecule has 0 fully saturated rings. The summed E-state index contributed by atoms with van der Waals surface area (Å²) in [5.74, 6) is -0.251. The van der Waals surface area contributed by atoms with Crippen LogP contribution in [0.3, 0.4) is 0 Å². The van der Waals surface area contributed by atoms with E-state index in [9.17, 15) is 9.59 Å². The van der Waals surface area contributed by atoms with Crippen molar-refractivity contribution < 1.29 is 14.3 Å². The number of amides is 2. The second-order valence-corrected chi connectivity index (χ2v) is 7.32. The standard InChI is InChI=1S/C25H24N2O3/c1-30-17-24(28)27-15-5-8-20-13-14-22(16-23(20)27)26-25(29)21-11-9-19(10-12-21)18-6-3-2-4-7-18/h2-4,6-7,9-14,16H,5,8,15,17H2,1H3,(H,26,29). The van der Waals surface area contributed by atoms with Gasteiger partial charge in [-0.3, -0.25) is 9.59 Å². The molecule has 152 valence electrons. The van der Waals surface area contributed by atoms with Crippen LogP contribution < -0.4 is 10.2 Å². The van der Waals surface area contributed by atoms with Crippen molar-refractivity contribution in [2.45, 2.75) is 12.8 Å². The van der Waals surface area contributed by atoms with Crippen LogP contribution >= 0.6 is 0 Å². The van der Waals surface area contributed by atoms with Gasteiger partial charge in [-0.05, 0) is 53.8 Å². The van der Waals surface area contributed by atoms with Crippen molar-refractivity contribution in [1.29, 1.82) is 0 Å². The zero-order valence-electron chi connectivity index (χ0n) is 16.9. The first-order valence-corrected chi connectivity index (χ1v) is 10.0. The first-order chi connectivity index (χ1) is 14.7. The highest BCUT2D eigenvalue weighted by molar-refractivity contribution is 6.05. The van der Waals surface area contributed by atoms with Gasteiger partial charge < -0.3 is 15.0 Å². The topological polar surface area (TPSA) is 58.6 Å². The van der Waals surface area contributed by atoms with Gasteiger partial charge in [-0.1, -0.05) is 48.5 Å². The fraction of sp³-hybridized carbons (Fsp3) is 0.200. The molecule has 5 nitrogen and oxygen atoms in total. The maximum Gasteiger partial charge on any atom is 0.255 e. The van der Waals surface area contributed by atoms with Crippen molar-refractivity contribution in [2.24, 2.45) is 0 Å². The van der Waals surface area contributed by atoms with Crippen LogP contribution in [0.5, 0.6) is 0 Å². The monoisotopic (exact) mass is 400 g/mol. The summed E-state index contributed by atoms with van der Waals surface area (Å²) in [5.41, 5.74) is 5.38.